The summed E-state index contributed by atoms with van der Waals surface area (Å²) >= 11 is 6.21. The number of para-hydroxylation sites is 1. The molecule has 0 atom stereocenters. The monoisotopic (exact) mass is 452 g/mol. The molecule has 3 N–H and O–H groups in total. The Morgan fingerprint density at radius 3 is 2.34 bits per heavy atom. The van der Waals surface area contributed by atoms with Gasteiger partial charge in [0.05, 0.1) is 23.0 Å². The Hall–Kier alpha value is -2.80. The van der Waals surface area contributed by atoms with E-state index < -0.39 is 0 Å². The smallest absolute Gasteiger partial charge is 0.252 e. The van der Waals surface area contributed by atoms with Crippen molar-refractivity contribution in [3.63, 3.8) is 0 Å². The van der Waals surface area contributed by atoms with Crippen LogP contribution in [0.4, 0.5) is 11.4 Å². The largest absolute Gasteiger partial charge is 0.392 e. The Labute approximate surface area is 193 Å². The van der Waals surface area contributed by atoms with Gasteiger partial charge in [0.2, 0.25) is 0 Å². The van der Waals surface area contributed by atoms with E-state index in [2.05, 4.69) is 46.1 Å². The molecule has 32 heavy (non-hydrogen) atoms. The van der Waals surface area contributed by atoms with Gasteiger partial charge in [0.25, 0.3) is 5.56 Å². The minimum atomic E-state index is -0.170. The second-order valence-corrected chi connectivity index (χ2v) is 8.64. The minimum absolute atomic E-state index is 0.125. The van der Waals surface area contributed by atoms with E-state index in [4.69, 9.17) is 11.6 Å². The van der Waals surface area contributed by atoms with Crippen molar-refractivity contribution in [1.29, 1.82) is 0 Å². The average molecular weight is 453 g/mol. The van der Waals surface area contributed by atoms with Crippen LogP contribution < -0.4 is 16.4 Å². The molecule has 1 saturated heterocycles. The molecule has 1 aromatic heterocycles. The molecule has 0 spiro atoms. The highest BCUT2D eigenvalue weighted by molar-refractivity contribution is 6.33. The van der Waals surface area contributed by atoms with E-state index in [0.29, 0.717) is 34.4 Å². The molecule has 2 aromatic carbocycles. The first-order valence-corrected chi connectivity index (χ1v) is 11.3. The number of nitrogens with one attached hydrogen (secondary N) is 2. The maximum Gasteiger partial charge on any atom is 0.252 e. The van der Waals surface area contributed by atoms with E-state index in [1.54, 1.807) is 17.7 Å². The topological polar surface area (TPSA) is 69.5 Å². The molecule has 0 radical (unpaired) electrons. The van der Waals surface area contributed by atoms with Gasteiger partial charge in [-0.1, -0.05) is 54.1 Å². The van der Waals surface area contributed by atoms with E-state index >= 15 is 0 Å². The van der Waals surface area contributed by atoms with Gasteiger partial charge in [0.15, 0.2) is 0 Å². The number of benzene rings is 2. The SMILES string of the molecule is Cn1c(CN2CCC(c3ccccc3)CC2)c(CO)c(NNc2ccccc2Cl)cc1=O. The fourth-order valence-corrected chi connectivity index (χ4v) is 4.53. The number of aliphatic hydroxyl groups excluding tert-OH is 1. The number of hydrogen-bond acceptors (Lipinski definition) is 5. The predicted octanol–water partition coefficient (Wildman–Crippen LogP) is 4.35. The van der Waals surface area contributed by atoms with Crippen LogP contribution in [0.5, 0.6) is 0 Å². The summed E-state index contributed by atoms with van der Waals surface area (Å²) in [5.41, 5.74) is 10.2. The zero-order valence-electron chi connectivity index (χ0n) is 18.2. The van der Waals surface area contributed by atoms with E-state index in [0.717, 1.165) is 31.6 Å². The summed E-state index contributed by atoms with van der Waals surface area (Å²) < 4.78 is 1.63. The number of likely N-dealkylation sites (tertiary alicyclic amines) is 1. The van der Waals surface area contributed by atoms with Crippen molar-refractivity contribution in [3.8, 4) is 0 Å². The highest BCUT2D eigenvalue weighted by Gasteiger charge is 2.23. The molecule has 0 amide bonds. The first-order valence-electron chi connectivity index (χ1n) is 10.9. The minimum Gasteiger partial charge on any atom is -0.392 e. The maximum absolute atomic E-state index is 12.7. The van der Waals surface area contributed by atoms with Gasteiger partial charge < -0.3 is 15.1 Å². The predicted molar refractivity (Wildman–Crippen MR) is 130 cm³/mol. The Bertz CT molecular complexity index is 1110. The highest BCUT2D eigenvalue weighted by atomic mass is 35.5. The van der Waals surface area contributed by atoms with Crippen LogP contribution >= 0.6 is 11.6 Å². The number of nitrogens with zero attached hydrogens (tertiary/aromatic N) is 2. The van der Waals surface area contributed by atoms with E-state index in [1.807, 2.05) is 18.2 Å². The van der Waals surface area contributed by atoms with E-state index in [-0.39, 0.29) is 12.2 Å². The van der Waals surface area contributed by atoms with Gasteiger partial charge >= 0.3 is 0 Å². The quantitative estimate of drug-likeness (QED) is 0.465. The number of halogens is 1. The lowest BCUT2D eigenvalue weighted by Crippen LogP contribution is -2.35. The Morgan fingerprint density at radius 2 is 1.66 bits per heavy atom. The molecule has 7 heteroatoms. The van der Waals surface area contributed by atoms with Crippen molar-refractivity contribution in [3.05, 3.63) is 92.9 Å². The average Bonchev–Trinajstić information content (AvgIpc) is 2.83. The number of hydrogen-bond donors (Lipinski definition) is 3. The van der Waals surface area contributed by atoms with Crippen LogP contribution in [0.15, 0.2) is 65.5 Å². The van der Waals surface area contributed by atoms with Gasteiger partial charge in [-0.15, -0.1) is 0 Å². The van der Waals surface area contributed by atoms with Crippen LogP contribution in [0.3, 0.4) is 0 Å². The summed E-state index contributed by atoms with van der Waals surface area (Å²) in [6, 6.07) is 19.5. The number of aliphatic hydroxyl groups is 1. The third-order valence-corrected chi connectivity index (χ3v) is 6.60. The third kappa shape index (κ3) is 4.99. The van der Waals surface area contributed by atoms with Gasteiger partial charge in [0, 0.05) is 30.9 Å². The molecule has 0 aliphatic carbocycles. The van der Waals surface area contributed by atoms with Crippen molar-refractivity contribution in [2.45, 2.75) is 31.9 Å². The van der Waals surface area contributed by atoms with Crippen LogP contribution in [0, 0.1) is 0 Å². The summed E-state index contributed by atoms with van der Waals surface area (Å²) in [5.74, 6) is 0.571. The van der Waals surface area contributed by atoms with Gasteiger partial charge in [-0.05, 0) is 49.5 Å². The summed E-state index contributed by atoms with van der Waals surface area (Å²) in [5, 5.41) is 10.7. The summed E-state index contributed by atoms with van der Waals surface area (Å²) in [7, 11) is 1.76. The van der Waals surface area contributed by atoms with Gasteiger partial charge in [0.1, 0.15) is 0 Å². The maximum atomic E-state index is 12.7. The lowest BCUT2D eigenvalue weighted by molar-refractivity contribution is 0.197. The van der Waals surface area contributed by atoms with Crippen LogP contribution in [-0.2, 0) is 20.2 Å². The third-order valence-electron chi connectivity index (χ3n) is 6.27. The fraction of sp³-hybridized carbons (Fsp3) is 0.320. The number of hydrazine groups is 1. The second kappa shape index (κ2) is 10.2. The molecule has 4 rings (SSSR count). The van der Waals surface area contributed by atoms with Crippen molar-refractivity contribution in [1.82, 2.24) is 9.47 Å². The first-order chi connectivity index (χ1) is 15.6. The standard InChI is InChI=1S/C25H29ClN4O2/c1-29-24(16-30-13-11-19(12-14-30)18-7-3-2-4-8-18)20(17-31)23(15-25(29)32)28-27-22-10-6-5-9-21(22)26/h2-10,15,19,27-28,31H,11-14,16-17H2,1H3. The van der Waals surface area contributed by atoms with Crippen molar-refractivity contribution < 1.29 is 5.11 Å². The molecule has 3 aromatic rings. The lowest BCUT2D eigenvalue weighted by atomic mass is 9.89. The second-order valence-electron chi connectivity index (χ2n) is 8.23. The van der Waals surface area contributed by atoms with Gasteiger partial charge in [-0.25, -0.2) is 0 Å². The Kier molecular flexibility index (Phi) is 7.15. The Balaban J connectivity index is 1.50. The van der Waals surface area contributed by atoms with Crippen LogP contribution in [0.2, 0.25) is 5.02 Å². The molecule has 1 fully saturated rings. The summed E-state index contributed by atoms with van der Waals surface area (Å²) in [6.45, 7) is 2.35. The van der Waals surface area contributed by atoms with Crippen LogP contribution in [0.25, 0.3) is 0 Å². The molecular weight excluding hydrogens is 424 g/mol. The zero-order chi connectivity index (χ0) is 22.5. The Morgan fingerprint density at radius 1 is 1.00 bits per heavy atom. The number of pyridine rings is 1. The molecule has 2 heterocycles. The molecule has 0 saturated carbocycles. The molecule has 168 valence electrons. The summed E-state index contributed by atoms with van der Waals surface area (Å²) in [4.78, 5) is 15.0. The molecule has 0 unspecified atom stereocenters. The molecule has 1 aliphatic rings. The number of piperidine rings is 1. The first kappa shape index (κ1) is 22.4. The van der Waals surface area contributed by atoms with Crippen molar-refractivity contribution in [2.75, 3.05) is 23.9 Å². The molecule has 0 bridgehead atoms. The van der Waals surface area contributed by atoms with Crippen LogP contribution in [-0.4, -0.2) is 27.7 Å². The van der Waals surface area contributed by atoms with E-state index in [9.17, 15) is 9.90 Å². The van der Waals surface area contributed by atoms with E-state index in [1.165, 1.54) is 11.6 Å². The summed E-state index contributed by atoms with van der Waals surface area (Å²) in [6.07, 6.45) is 2.16. The number of aromatic nitrogens is 1. The fourth-order valence-electron chi connectivity index (χ4n) is 4.35. The van der Waals surface area contributed by atoms with Crippen molar-refractivity contribution >= 4 is 23.0 Å². The zero-order valence-corrected chi connectivity index (χ0v) is 19.0. The van der Waals surface area contributed by atoms with Gasteiger partial charge in [-0.3, -0.25) is 15.1 Å². The van der Waals surface area contributed by atoms with Crippen LogP contribution in [0.1, 0.15) is 35.6 Å². The number of anilines is 2. The molecular formula is C25H29ClN4O2. The van der Waals surface area contributed by atoms with Crippen molar-refractivity contribution in [2.24, 2.45) is 7.05 Å². The normalized spacial score (nSPS) is 15.0. The highest BCUT2D eigenvalue weighted by Crippen LogP contribution is 2.29. The lowest BCUT2D eigenvalue weighted by Gasteiger charge is -2.33. The number of rotatable bonds is 7. The van der Waals surface area contributed by atoms with Gasteiger partial charge in [-0.2, -0.15) is 0 Å². The molecule has 6 nitrogen and oxygen atoms in total. The molecule has 1 aliphatic heterocycles.